The maximum absolute atomic E-state index is 5.40. The lowest BCUT2D eigenvalue weighted by Crippen LogP contribution is -2.23. The zero-order valence-corrected chi connectivity index (χ0v) is 14.5. The molecule has 0 aromatic carbocycles. The van der Waals surface area contributed by atoms with Gasteiger partial charge in [-0.3, -0.25) is 0 Å². The largest absolute Gasteiger partial charge is 0.346 e. The summed E-state index contributed by atoms with van der Waals surface area (Å²) >= 11 is 9.50. The lowest BCUT2D eigenvalue weighted by molar-refractivity contribution is 0.682. The molecule has 1 aromatic rings. The third-order valence-electron chi connectivity index (χ3n) is 4.43. The van der Waals surface area contributed by atoms with Gasteiger partial charge in [-0.15, -0.1) is 11.8 Å². The van der Waals surface area contributed by atoms with Crippen LogP contribution in [-0.4, -0.2) is 26.2 Å². The van der Waals surface area contributed by atoms with Gasteiger partial charge in [0.25, 0.3) is 0 Å². The second-order valence-electron chi connectivity index (χ2n) is 5.91. The summed E-state index contributed by atoms with van der Waals surface area (Å²) < 4.78 is 0.762. The van der Waals surface area contributed by atoms with Crippen molar-refractivity contribution in [2.45, 2.75) is 61.2 Å². The van der Waals surface area contributed by atoms with Crippen molar-refractivity contribution in [3.05, 3.63) is 22.2 Å². The molecule has 2 fully saturated rings. The molecule has 1 aromatic heterocycles. The summed E-state index contributed by atoms with van der Waals surface area (Å²) in [6, 6.07) is 2.08. The van der Waals surface area contributed by atoms with Gasteiger partial charge in [0, 0.05) is 21.9 Å². The van der Waals surface area contributed by atoms with Gasteiger partial charge in [0.2, 0.25) is 0 Å². The number of nitrogens with zero attached hydrogens (tertiary/aromatic N) is 1. The molecule has 1 saturated heterocycles. The summed E-state index contributed by atoms with van der Waals surface area (Å²) in [7, 11) is 0. The van der Waals surface area contributed by atoms with Crippen molar-refractivity contribution in [1.29, 1.82) is 0 Å². The molecule has 2 aliphatic rings. The minimum absolute atomic E-state index is 0.467. The summed E-state index contributed by atoms with van der Waals surface area (Å²) in [5.41, 5.74) is 1.33. The Kier molecular flexibility index (Phi) is 4.78. The second kappa shape index (κ2) is 6.41. The predicted molar refractivity (Wildman–Crippen MR) is 92.3 cm³/mol. The standard InChI is InChI=1S/C15H22N2S3/c1-9-10(2)20-13(8-19-9)15-16-12(7-14(18)17-15)11-5-3-4-6-11/h7,9-11,13H,3-6,8H2,1-2H3,(H,16,17,18). The van der Waals surface area contributed by atoms with Gasteiger partial charge in [-0.1, -0.05) is 38.9 Å². The SMILES string of the molecule is CC1SCC(c2nc(=S)cc(C3CCCC3)[nH]2)SC1C. The van der Waals surface area contributed by atoms with Crippen molar-refractivity contribution in [1.82, 2.24) is 9.97 Å². The molecule has 0 radical (unpaired) electrons. The predicted octanol–water partition coefficient (Wildman–Crippen LogP) is 5.09. The normalized spacial score (nSPS) is 31.6. The average molecular weight is 327 g/mol. The van der Waals surface area contributed by atoms with Gasteiger partial charge < -0.3 is 4.98 Å². The number of aromatic amines is 1. The fourth-order valence-corrected chi connectivity index (χ4v) is 6.12. The Labute approximate surface area is 134 Å². The first kappa shape index (κ1) is 14.9. The number of hydrogen-bond donors (Lipinski definition) is 1. The highest BCUT2D eigenvalue weighted by Crippen LogP contribution is 2.43. The van der Waals surface area contributed by atoms with Crippen molar-refractivity contribution in [3.8, 4) is 0 Å². The Morgan fingerprint density at radius 2 is 2.00 bits per heavy atom. The molecule has 3 rings (SSSR count). The van der Waals surface area contributed by atoms with E-state index in [9.17, 15) is 0 Å². The van der Waals surface area contributed by atoms with Gasteiger partial charge in [0.15, 0.2) is 0 Å². The maximum atomic E-state index is 5.40. The molecule has 0 amide bonds. The minimum Gasteiger partial charge on any atom is -0.346 e. The first-order valence-corrected chi connectivity index (χ1v) is 9.91. The van der Waals surface area contributed by atoms with Gasteiger partial charge in [-0.25, -0.2) is 4.98 Å². The lowest BCUT2D eigenvalue weighted by Gasteiger charge is -2.31. The molecular formula is C15H22N2S3. The van der Waals surface area contributed by atoms with Gasteiger partial charge in [-0.2, -0.15) is 11.8 Å². The Hall–Kier alpha value is -0.000000000000000111. The molecule has 1 N–H and O–H groups in total. The molecule has 20 heavy (non-hydrogen) atoms. The van der Waals surface area contributed by atoms with Crippen molar-refractivity contribution < 1.29 is 0 Å². The van der Waals surface area contributed by atoms with Crippen LogP contribution in [0.2, 0.25) is 0 Å². The van der Waals surface area contributed by atoms with E-state index in [-0.39, 0.29) is 0 Å². The monoisotopic (exact) mass is 326 g/mol. The highest BCUT2D eigenvalue weighted by molar-refractivity contribution is 8.07. The topological polar surface area (TPSA) is 28.7 Å². The Balaban J connectivity index is 1.84. The summed E-state index contributed by atoms with van der Waals surface area (Å²) in [5, 5.41) is 1.88. The molecule has 0 bridgehead atoms. The number of thioether (sulfide) groups is 2. The molecule has 1 aliphatic carbocycles. The maximum Gasteiger partial charge on any atom is 0.130 e. The third kappa shape index (κ3) is 3.25. The number of hydrogen-bond acceptors (Lipinski definition) is 4. The van der Waals surface area contributed by atoms with Gasteiger partial charge in [-0.05, 0) is 24.8 Å². The smallest absolute Gasteiger partial charge is 0.130 e. The van der Waals surface area contributed by atoms with Crippen LogP contribution >= 0.6 is 35.7 Å². The van der Waals surface area contributed by atoms with E-state index in [0.29, 0.717) is 16.4 Å². The molecule has 1 aliphatic heterocycles. The fraction of sp³-hybridized carbons (Fsp3) is 0.733. The summed E-state index contributed by atoms with van der Waals surface area (Å²) in [6.07, 6.45) is 5.31. The highest BCUT2D eigenvalue weighted by Gasteiger charge is 2.29. The van der Waals surface area contributed by atoms with Crippen molar-refractivity contribution in [3.63, 3.8) is 0 Å². The molecule has 3 unspecified atom stereocenters. The second-order valence-corrected chi connectivity index (χ2v) is 9.32. The Morgan fingerprint density at radius 3 is 2.70 bits per heavy atom. The molecular weight excluding hydrogens is 304 g/mol. The number of nitrogens with one attached hydrogen (secondary N) is 1. The number of rotatable bonds is 2. The molecule has 2 heterocycles. The van der Waals surface area contributed by atoms with Crippen LogP contribution in [0.3, 0.4) is 0 Å². The van der Waals surface area contributed by atoms with Crippen molar-refractivity contribution in [2.24, 2.45) is 0 Å². The number of H-pyrrole nitrogens is 1. The first-order valence-electron chi connectivity index (χ1n) is 7.51. The molecule has 3 atom stereocenters. The quantitative estimate of drug-likeness (QED) is 0.766. The molecule has 0 spiro atoms. The minimum atomic E-state index is 0.467. The zero-order valence-electron chi connectivity index (χ0n) is 12.1. The van der Waals surface area contributed by atoms with Crippen molar-refractivity contribution >= 4 is 35.7 Å². The molecule has 110 valence electrons. The van der Waals surface area contributed by atoms with E-state index >= 15 is 0 Å². The lowest BCUT2D eigenvalue weighted by atomic mass is 10.0. The summed E-state index contributed by atoms with van der Waals surface area (Å²) in [6.45, 7) is 4.65. The average Bonchev–Trinajstić information content (AvgIpc) is 2.95. The van der Waals surface area contributed by atoms with Crippen LogP contribution in [0.1, 0.15) is 62.2 Å². The molecule has 2 nitrogen and oxygen atoms in total. The van der Waals surface area contributed by atoms with E-state index in [1.165, 1.54) is 31.4 Å². The highest BCUT2D eigenvalue weighted by atomic mass is 32.2. The van der Waals surface area contributed by atoms with Crippen LogP contribution < -0.4 is 0 Å². The summed E-state index contributed by atoms with van der Waals surface area (Å²) in [5.74, 6) is 2.93. The zero-order chi connectivity index (χ0) is 14.1. The Bertz CT molecular complexity index is 522. The molecule has 1 saturated carbocycles. The van der Waals surface area contributed by atoms with Gasteiger partial charge in [0.05, 0.1) is 5.25 Å². The van der Waals surface area contributed by atoms with Crippen molar-refractivity contribution in [2.75, 3.05) is 5.75 Å². The van der Waals surface area contributed by atoms with Gasteiger partial charge >= 0.3 is 0 Å². The van der Waals surface area contributed by atoms with E-state index < -0.39 is 0 Å². The van der Waals surface area contributed by atoms with E-state index in [2.05, 4.69) is 41.6 Å². The van der Waals surface area contributed by atoms with Crippen LogP contribution in [0, 0.1) is 4.64 Å². The van der Waals surface area contributed by atoms with E-state index in [4.69, 9.17) is 12.2 Å². The van der Waals surface area contributed by atoms with Crippen LogP contribution in [-0.2, 0) is 0 Å². The molecule has 5 heteroatoms. The van der Waals surface area contributed by atoms with Crippen LogP contribution in [0.25, 0.3) is 0 Å². The fourth-order valence-electron chi connectivity index (χ4n) is 3.03. The summed E-state index contributed by atoms with van der Waals surface area (Å²) in [4.78, 5) is 8.23. The third-order valence-corrected chi connectivity index (χ3v) is 8.04. The Morgan fingerprint density at radius 1 is 1.25 bits per heavy atom. The van der Waals surface area contributed by atoms with Crippen LogP contribution in [0.15, 0.2) is 6.07 Å². The van der Waals surface area contributed by atoms with Crippen LogP contribution in [0.4, 0.5) is 0 Å². The van der Waals surface area contributed by atoms with E-state index in [1.54, 1.807) is 0 Å². The van der Waals surface area contributed by atoms with E-state index in [0.717, 1.165) is 21.5 Å². The first-order chi connectivity index (χ1) is 9.63. The van der Waals surface area contributed by atoms with Gasteiger partial charge in [0.1, 0.15) is 10.5 Å². The van der Waals surface area contributed by atoms with E-state index in [1.807, 2.05) is 11.8 Å². The van der Waals surface area contributed by atoms with Crippen LogP contribution in [0.5, 0.6) is 0 Å². The number of aromatic nitrogens is 2.